The monoisotopic (exact) mass is 457 g/mol. The van der Waals surface area contributed by atoms with Gasteiger partial charge in [0.05, 0.1) is 10.5 Å². The summed E-state index contributed by atoms with van der Waals surface area (Å²) in [5.74, 6) is -1.83. The fourth-order valence-corrected chi connectivity index (χ4v) is 3.54. The zero-order chi connectivity index (χ0) is 24.0. The first-order valence-corrected chi connectivity index (χ1v) is 10.4. The summed E-state index contributed by atoms with van der Waals surface area (Å²) < 4.78 is 13.6. The molecule has 1 aliphatic heterocycles. The van der Waals surface area contributed by atoms with E-state index in [0.29, 0.717) is 31.9 Å². The largest absolute Gasteiger partial charge is 0.362 e. The number of carbonyl (C=O) groups excluding carboxylic acids is 3. The summed E-state index contributed by atoms with van der Waals surface area (Å²) in [5.41, 5.74) is 0.191. The smallest absolute Gasteiger partial charge is 0.293 e. The van der Waals surface area contributed by atoms with Gasteiger partial charge in [0.15, 0.2) is 0 Å². The molecule has 0 bridgehead atoms. The first-order valence-electron chi connectivity index (χ1n) is 10.4. The Morgan fingerprint density at radius 2 is 1.64 bits per heavy atom. The second kappa shape index (κ2) is 10.5. The fourth-order valence-electron chi connectivity index (χ4n) is 3.54. The van der Waals surface area contributed by atoms with Crippen LogP contribution in [0.15, 0.2) is 42.5 Å². The number of halogens is 1. The molecular formula is C22H24FN5O5. The predicted molar refractivity (Wildman–Crippen MR) is 119 cm³/mol. The topological polar surface area (TPSA) is 125 Å². The molecule has 2 N–H and O–H groups in total. The SMILES string of the molecule is CC(=O)N1CCN(c2ccc(C(=O)NCCNC(=O)c3ccccc3F)cc2[N+](=O)[O-])CC1. The number of hydrogen-bond donors (Lipinski definition) is 2. The summed E-state index contributed by atoms with van der Waals surface area (Å²) >= 11 is 0. The van der Waals surface area contributed by atoms with Crippen LogP contribution in [0.2, 0.25) is 0 Å². The van der Waals surface area contributed by atoms with Crippen LogP contribution in [0.5, 0.6) is 0 Å². The Balaban J connectivity index is 1.58. The molecule has 0 aliphatic carbocycles. The molecule has 0 atom stereocenters. The van der Waals surface area contributed by atoms with Crippen LogP contribution < -0.4 is 15.5 Å². The normalized spacial score (nSPS) is 13.4. The van der Waals surface area contributed by atoms with E-state index in [1.165, 1.54) is 43.3 Å². The van der Waals surface area contributed by atoms with Gasteiger partial charge < -0.3 is 20.4 Å². The highest BCUT2D eigenvalue weighted by Crippen LogP contribution is 2.30. The number of benzene rings is 2. The Kier molecular flexibility index (Phi) is 7.54. The zero-order valence-corrected chi connectivity index (χ0v) is 18.0. The fraction of sp³-hybridized carbons (Fsp3) is 0.318. The van der Waals surface area contributed by atoms with Crippen molar-refractivity contribution < 1.29 is 23.7 Å². The maximum atomic E-state index is 13.6. The summed E-state index contributed by atoms with van der Waals surface area (Å²) in [7, 11) is 0. The number of nitrogens with one attached hydrogen (secondary N) is 2. The quantitative estimate of drug-likeness (QED) is 0.369. The average molecular weight is 457 g/mol. The molecule has 3 amide bonds. The van der Waals surface area contributed by atoms with Crippen molar-refractivity contribution in [3.8, 4) is 0 Å². The molecule has 1 fully saturated rings. The van der Waals surface area contributed by atoms with Crippen molar-refractivity contribution in [1.82, 2.24) is 15.5 Å². The van der Waals surface area contributed by atoms with Gasteiger partial charge in [0, 0.05) is 57.8 Å². The number of anilines is 1. The molecule has 0 spiro atoms. The van der Waals surface area contributed by atoms with E-state index in [-0.39, 0.29) is 35.8 Å². The molecule has 33 heavy (non-hydrogen) atoms. The van der Waals surface area contributed by atoms with E-state index < -0.39 is 22.6 Å². The van der Waals surface area contributed by atoms with Crippen LogP contribution >= 0.6 is 0 Å². The Bertz CT molecular complexity index is 1070. The Morgan fingerprint density at radius 3 is 2.24 bits per heavy atom. The van der Waals surface area contributed by atoms with E-state index in [9.17, 15) is 28.9 Å². The van der Waals surface area contributed by atoms with E-state index in [4.69, 9.17) is 0 Å². The van der Waals surface area contributed by atoms with Crippen LogP contribution in [0.3, 0.4) is 0 Å². The Labute approximate surface area is 189 Å². The van der Waals surface area contributed by atoms with Gasteiger partial charge >= 0.3 is 0 Å². The second-order valence-corrected chi connectivity index (χ2v) is 7.45. The van der Waals surface area contributed by atoms with Crippen molar-refractivity contribution in [3.05, 3.63) is 69.5 Å². The maximum Gasteiger partial charge on any atom is 0.293 e. The summed E-state index contributed by atoms with van der Waals surface area (Å²) in [6.45, 7) is 3.43. The maximum absolute atomic E-state index is 13.6. The minimum atomic E-state index is -0.644. The van der Waals surface area contributed by atoms with E-state index in [1.807, 2.05) is 4.90 Å². The number of carbonyl (C=O) groups is 3. The molecule has 0 aromatic heterocycles. The van der Waals surface area contributed by atoms with Crippen molar-refractivity contribution in [1.29, 1.82) is 0 Å². The standard InChI is InChI=1S/C22H24FN5O5/c1-15(29)26-10-12-27(13-11-26)19-7-6-16(14-20(19)28(32)33)21(30)24-8-9-25-22(31)17-4-2-3-5-18(17)23/h2-7,14H,8-13H2,1H3,(H,24,30)(H,25,31). The van der Waals surface area contributed by atoms with Gasteiger partial charge in [0.25, 0.3) is 17.5 Å². The Morgan fingerprint density at radius 1 is 1.00 bits per heavy atom. The summed E-state index contributed by atoms with van der Waals surface area (Å²) in [4.78, 5) is 50.5. The van der Waals surface area contributed by atoms with E-state index in [1.54, 1.807) is 11.0 Å². The zero-order valence-electron chi connectivity index (χ0n) is 18.0. The molecule has 2 aromatic carbocycles. The lowest BCUT2D eigenvalue weighted by Gasteiger charge is -2.35. The minimum Gasteiger partial charge on any atom is -0.362 e. The predicted octanol–water partition coefficient (Wildman–Crippen LogP) is 1.56. The summed E-state index contributed by atoms with van der Waals surface area (Å²) in [6, 6.07) is 9.77. The number of nitro benzene ring substituents is 1. The highest BCUT2D eigenvalue weighted by molar-refractivity contribution is 5.96. The van der Waals surface area contributed by atoms with Gasteiger partial charge in [-0.25, -0.2) is 4.39 Å². The van der Waals surface area contributed by atoms with Gasteiger partial charge in [-0.05, 0) is 24.3 Å². The molecule has 0 radical (unpaired) electrons. The second-order valence-electron chi connectivity index (χ2n) is 7.45. The molecule has 1 saturated heterocycles. The van der Waals surface area contributed by atoms with Gasteiger partial charge in [-0.1, -0.05) is 12.1 Å². The molecule has 2 aromatic rings. The van der Waals surface area contributed by atoms with Crippen molar-refractivity contribution in [2.24, 2.45) is 0 Å². The number of piperazine rings is 1. The lowest BCUT2D eigenvalue weighted by Crippen LogP contribution is -2.48. The van der Waals surface area contributed by atoms with Crippen molar-refractivity contribution in [3.63, 3.8) is 0 Å². The lowest BCUT2D eigenvalue weighted by molar-refractivity contribution is -0.384. The van der Waals surface area contributed by atoms with Gasteiger partial charge in [-0.2, -0.15) is 0 Å². The molecule has 3 rings (SSSR count). The van der Waals surface area contributed by atoms with Crippen LogP contribution in [-0.4, -0.2) is 66.8 Å². The van der Waals surface area contributed by atoms with Gasteiger partial charge in [0.1, 0.15) is 11.5 Å². The van der Waals surface area contributed by atoms with Crippen molar-refractivity contribution in [2.75, 3.05) is 44.2 Å². The van der Waals surface area contributed by atoms with Crippen LogP contribution in [0, 0.1) is 15.9 Å². The third kappa shape index (κ3) is 5.82. The van der Waals surface area contributed by atoms with Crippen LogP contribution in [-0.2, 0) is 4.79 Å². The molecule has 10 nitrogen and oxygen atoms in total. The van der Waals surface area contributed by atoms with Gasteiger partial charge in [0.2, 0.25) is 5.91 Å². The van der Waals surface area contributed by atoms with Crippen LogP contribution in [0.25, 0.3) is 0 Å². The number of nitro groups is 1. The van der Waals surface area contributed by atoms with E-state index >= 15 is 0 Å². The highest BCUT2D eigenvalue weighted by Gasteiger charge is 2.25. The van der Waals surface area contributed by atoms with Gasteiger partial charge in [-0.3, -0.25) is 24.5 Å². The summed E-state index contributed by atoms with van der Waals surface area (Å²) in [6.07, 6.45) is 0. The number of rotatable bonds is 7. The first kappa shape index (κ1) is 23.6. The van der Waals surface area contributed by atoms with E-state index in [0.717, 1.165) is 0 Å². The average Bonchev–Trinajstić information content (AvgIpc) is 2.81. The molecule has 0 unspecified atom stereocenters. The summed E-state index contributed by atoms with van der Waals surface area (Å²) in [5, 5.41) is 16.7. The van der Waals surface area contributed by atoms with E-state index in [2.05, 4.69) is 10.6 Å². The molecule has 11 heteroatoms. The number of nitrogens with zero attached hydrogens (tertiary/aromatic N) is 3. The molecule has 0 saturated carbocycles. The van der Waals surface area contributed by atoms with Crippen molar-refractivity contribution >= 4 is 29.1 Å². The number of amides is 3. The molecule has 1 aliphatic rings. The highest BCUT2D eigenvalue weighted by atomic mass is 19.1. The molecule has 174 valence electrons. The third-order valence-corrected chi connectivity index (χ3v) is 5.31. The first-order chi connectivity index (χ1) is 15.8. The van der Waals surface area contributed by atoms with Crippen molar-refractivity contribution in [2.45, 2.75) is 6.92 Å². The Hall–Kier alpha value is -4.02. The lowest BCUT2D eigenvalue weighted by atomic mass is 10.1. The number of hydrogen-bond acceptors (Lipinski definition) is 6. The molecular weight excluding hydrogens is 433 g/mol. The third-order valence-electron chi connectivity index (χ3n) is 5.31. The van der Waals surface area contributed by atoms with Gasteiger partial charge in [-0.15, -0.1) is 0 Å². The van der Waals surface area contributed by atoms with Crippen LogP contribution in [0.4, 0.5) is 15.8 Å². The van der Waals surface area contributed by atoms with Crippen LogP contribution in [0.1, 0.15) is 27.6 Å². The molecule has 1 heterocycles. The minimum absolute atomic E-state index is 0.0405.